The quantitative estimate of drug-likeness (QED) is 0.533. The van der Waals surface area contributed by atoms with Crippen molar-refractivity contribution in [1.29, 1.82) is 0 Å². The summed E-state index contributed by atoms with van der Waals surface area (Å²) in [7, 11) is 0. The number of hydrogen-bond donors (Lipinski definition) is 3. The van der Waals surface area contributed by atoms with E-state index in [4.69, 9.17) is 0 Å². The van der Waals surface area contributed by atoms with Crippen molar-refractivity contribution in [3.05, 3.63) is 53.9 Å². The molecule has 0 saturated heterocycles. The second-order valence-corrected chi connectivity index (χ2v) is 7.63. The molecule has 3 aromatic rings. The van der Waals surface area contributed by atoms with Crippen LogP contribution in [0.1, 0.15) is 56.2 Å². The zero-order chi connectivity index (χ0) is 20.1. The highest BCUT2D eigenvalue weighted by atomic mass is 16.1. The highest BCUT2D eigenvalue weighted by Gasteiger charge is 2.17. The van der Waals surface area contributed by atoms with E-state index in [1.165, 1.54) is 37.8 Å². The van der Waals surface area contributed by atoms with Gasteiger partial charge in [-0.25, -0.2) is 4.98 Å². The fourth-order valence-corrected chi connectivity index (χ4v) is 3.77. The summed E-state index contributed by atoms with van der Waals surface area (Å²) >= 11 is 0. The molecule has 4 rings (SSSR count). The normalized spacial score (nSPS) is 14.5. The van der Waals surface area contributed by atoms with Crippen LogP contribution in [0, 0.1) is 0 Å². The van der Waals surface area contributed by atoms with Gasteiger partial charge in [-0.3, -0.25) is 9.89 Å². The maximum absolute atomic E-state index is 11.2. The van der Waals surface area contributed by atoms with E-state index in [1.807, 2.05) is 30.3 Å². The second-order valence-electron chi connectivity index (χ2n) is 7.63. The van der Waals surface area contributed by atoms with Gasteiger partial charge in [0, 0.05) is 36.0 Å². The Morgan fingerprint density at radius 3 is 2.62 bits per heavy atom. The molecule has 0 spiro atoms. The summed E-state index contributed by atoms with van der Waals surface area (Å²) < 4.78 is 0. The summed E-state index contributed by atoms with van der Waals surface area (Å²) in [4.78, 5) is 20.0. The first kappa shape index (κ1) is 19.1. The number of hydrogen-bond acceptors (Lipinski definition) is 6. The zero-order valence-electron chi connectivity index (χ0n) is 16.6. The van der Waals surface area contributed by atoms with Crippen molar-refractivity contribution in [2.24, 2.45) is 0 Å². The fraction of sp³-hybridized carbons (Fsp3) is 0.364. The number of nitrogens with one attached hydrogen (secondary N) is 3. The van der Waals surface area contributed by atoms with Gasteiger partial charge in [0.1, 0.15) is 11.6 Å². The maximum atomic E-state index is 11.2. The third-order valence-corrected chi connectivity index (χ3v) is 5.22. The SMILES string of the molecule is CC(=O)Cc1ccc(Nc2nccc(Nc3cc(C4CCCCC4)[nH]n3)n2)cc1. The number of aromatic amines is 1. The highest BCUT2D eigenvalue weighted by Crippen LogP contribution is 2.32. The molecule has 1 aromatic carbocycles. The molecule has 1 saturated carbocycles. The van der Waals surface area contributed by atoms with Crippen LogP contribution in [0.25, 0.3) is 0 Å². The Kier molecular flexibility index (Phi) is 5.84. The third kappa shape index (κ3) is 5.19. The van der Waals surface area contributed by atoms with E-state index in [2.05, 4.69) is 36.9 Å². The number of aromatic nitrogens is 4. The van der Waals surface area contributed by atoms with Crippen LogP contribution in [0.15, 0.2) is 42.6 Å². The largest absolute Gasteiger partial charge is 0.324 e. The van der Waals surface area contributed by atoms with Crippen LogP contribution in [0.3, 0.4) is 0 Å². The van der Waals surface area contributed by atoms with Crippen molar-refractivity contribution in [2.45, 2.75) is 51.4 Å². The van der Waals surface area contributed by atoms with Gasteiger partial charge >= 0.3 is 0 Å². The smallest absolute Gasteiger partial charge is 0.229 e. The number of anilines is 4. The lowest BCUT2D eigenvalue weighted by Crippen LogP contribution is -2.04. The minimum atomic E-state index is 0.151. The average molecular weight is 390 g/mol. The number of Topliss-reactive ketones (excluding diaryl/α,β-unsaturated/α-hetero) is 1. The number of carbonyl (C=O) groups excluding carboxylic acids is 1. The van der Waals surface area contributed by atoms with Gasteiger partial charge in [-0.2, -0.15) is 10.1 Å². The molecule has 29 heavy (non-hydrogen) atoms. The lowest BCUT2D eigenvalue weighted by molar-refractivity contribution is -0.116. The van der Waals surface area contributed by atoms with Gasteiger partial charge in [-0.15, -0.1) is 0 Å². The molecular formula is C22H26N6O. The Morgan fingerprint density at radius 1 is 1.07 bits per heavy atom. The Labute approximate surface area is 170 Å². The Morgan fingerprint density at radius 2 is 1.86 bits per heavy atom. The van der Waals surface area contributed by atoms with Gasteiger partial charge in [0.05, 0.1) is 0 Å². The molecule has 7 heteroatoms. The van der Waals surface area contributed by atoms with Gasteiger partial charge in [0.25, 0.3) is 0 Å². The average Bonchev–Trinajstić information content (AvgIpc) is 3.19. The molecule has 1 fully saturated rings. The highest BCUT2D eigenvalue weighted by molar-refractivity contribution is 5.78. The van der Waals surface area contributed by atoms with Gasteiger partial charge in [0.2, 0.25) is 5.95 Å². The molecule has 0 bridgehead atoms. The molecule has 7 nitrogen and oxygen atoms in total. The maximum Gasteiger partial charge on any atom is 0.229 e. The Hall–Kier alpha value is -3.22. The van der Waals surface area contributed by atoms with Gasteiger partial charge in [0.15, 0.2) is 5.82 Å². The van der Waals surface area contributed by atoms with Crippen LogP contribution in [0.4, 0.5) is 23.3 Å². The predicted molar refractivity (Wildman–Crippen MR) is 114 cm³/mol. The fourth-order valence-electron chi connectivity index (χ4n) is 3.77. The number of benzene rings is 1. The van der Waals surface area contributed by atoms with Crippen LogP contribution in [-0.2, 0) is 11.2 Å². The molecule has 2 heterocycles. The summed E-state index contributed by atoms with van der Waals surface area (Å²) in [6, 6.07) is 11.6. The minimum absolute atomic E-state index is 0.151. The first-order valence-corrected chi connectivity index (χ1v) is 10.2. The van der Waals surface area contributed by atoms with Crippen LogP contribution in [0.2, 0.25) is 0 Å². The van der Waals surface area contributed by atoms with E-state index in [1.54, 1.807) is 13.1 Å². The van der Waals surface area contributed by atoms with Crippen molar-refractivity contribution in [1.82, 2.24) is 20.2 Å². The lowest BCUT2D eigenvalue weighted by Gasteiger charge is -2.19. The summed E-state index contributed by atoms with van der Waals surface area (Å²) in [5.74, 6) is 2.68. The van der Waals surface area contributed by atoms with Crippen LogP contribution < -0.4 is 10.6 Å². The summed E-state index contributed by atoms with van der Waals surface area (Å²) in [5, 5.41) is 14.0. The Balaban J connectivity index is 1.40. The molecule has 1 aliphatic carbocycles. The van der Waals surface area contributed by atoms with E-state index in [9.17, 15) is 4.79 Å². The topological polar surface area (TPSA) is 95.6 Å². The molecule has 0 unspecified atom stereocenters. The molecule has 0 radical (unpaired) electrons. The molecule has 0 aliphatic heterocycles. The van der Waals surface area contributed by atoms with Crippen molar-refractivity contribution < 1.29 is 4.79 Å². The van der Waals surface area contributed by atoms with E-state index in [0.717, 1.165) is 17.1 Å². The molecule has 0 atom stereocenters. The molecule has 3 N–H and O–H groups in total. The van der Waals surface area contributed by atoms with E-state index < -0.39 is 0 Å². The summed E-state index contributed by atoms with van der Waals surface area (Å²) in [5.41, 5.74) is 3.06. The minimum Gasteiger partial charge on any atom is -0.324 e. The number of ketones is 1. The van der Waals surface area contributed by atoms with Gasteiger partial charge in [-0.1, -0.05) is 31.4 Å². The summed E-state index contributed by atoms with van der Waals surface area (Å²) in [6.07, 6.45) is 8.54. The van der Waals surface area contributed by atoms with E-state index in [-0.39, 0.29) is 5.78 Å². The number of carbonyl (C=O) groups is 1. The van der Waals surface area contributed by atoms with Gasteiger partial charge in [-0.05, 0) is 43.5 Å². The first-order chi connectivity index (χ1) is 14.2. The predicted octanol–water partition coefficient (Wildman–Crippen LogP) is 4.87. The van der Waals surface area contributed by atoms with Crippen molar-refractivity contribution in [3.8, 4) is 0 Å². The monoisotopic (exact) mass is 390 g/mol. The number of rotatable bonds is 7. The van der Waals surface area contributed by atoms with Gasteiger partial charge < -0.3 is 10.6 Å². The van der Waals surface area contributed by atoms with Crippen LogP contribution in [0.5, 0.6) is 0 Å². The molecule has 2 aromatic heterocycles. The van der Waals surface area contributed by atoms with Crippen molar-refractivity contribution in [2.75, 3.05) is 10.6 Å². The second kappa shape index (κ2) is 8.86. The standard InChI is InChI=1S/C22H26N6O/c1-15(29)13-16-7-9-18(10-8-16)24-22-23-12-11-20(26-22)25-21-14-19(27-28-21)17-5-3-2-4-6-17/h7-12,14,17H,2-6,13H2,1H3,(H3,23,24,25,26,27,28). The van der Waals surface area contributed by atoms with E-state index in [0.29, 0.717) is 24.1 Å². The third-order valence-electron chi connectivity index (χ3n) is 5.22. The number of nitrogens with zero attached hydrogens (tertiary/aromatic N) is 3. The molecular weight excluding hydrogens is 364 g/mol. The molecule has 0 amide bonds. The van der Waals surface area contributed by atoms with E-state index >= 15 is 0 Å². The number of H-pyrrole nitrogens is 1. The lowest BCUT2D eigenvalue weighted by atomic mass is 9.87. The summed E-state index contributed by atoms with van der Waals surface area (Å²) in [6.45, 7) is 1.59. The van der Waals surface area contributed by atoms with Crippen molar-refractivity contribution >= 4 is 29.1 Å². The zero-order valence-corrected chi connectivity index (χ0v) is 16.6. The molecule has 1 aliphatic rings. The van der Waals surface area contributed by atoms with Crippen LogP contribution in [-0.4, -0.2) is 25.9 Å². The van der Waals surface area contributed by atoms with Crippen LogP contribution >= 0.6 is 0 Å². The Bertz CT molecular complexity index is 959. The molecule has 150 valence electrons. The van der Waals surface area contributed by atoms with Crippen molar-refractivity contribution in [3.63, 3.8) is 0 Å². The first-order valence-electron chi connectivity index (χ1n) is 10.2.